The number of anilines is 2. The zero-order valence-electron chi connectivity index (χ0n) is 11.9. The van der Waals surface area contributed by atoms with Crippen molar-refractivity contribution in [1.29, 1.82) is 0 Å². The lowest BCUT2D eigenvalue weighted by molar-refractivity contribution is -0.0415. The maximum absolute atomic E-state index is 11.2. The van der Waals surface area contributed by atoms with Crippen LogP contribution in [0.1, 0.15) is 23.2 Å². The molecule has 21 heavy (non-hydrogen) atoms. The van der Waals surface area contributed by atoms with Crippen LogP contribution in [0.3, 0.4) is 0 Å². The number of fused-ring (bicyclic) bond motifs is 1. The van der Waals surface area contributed by atoms with Crippen LogP contribution in [0.15, 0.2) is 18.2 Å². The summed E-state index contributed by atoms with van der Waals surface area (Å²) in [5, 5.41) is 12.4. The van der Waals surface area contributed by atoms with Crippen LogP contribution >= 0.6 is 0 Å². The van der Waals surface area contributed by atoms with E-state index in [0.29, 0.717) is 24.0 Å². The van der Waals surface area contributed by atoms with Gasteiger partial charge in [-0.25, -0.2) is 4.79 Å². The Bertz CT molecular complexity index is 535. The third-order valence-corrected chi connectivity index (χ3v) is 4.26. The van der Waals surface area contributed by atoms with Gasteiger partial charge in [0, 0.05) is 24.8 Å². The summed E-state index contributed by atoms with van der Waals surface area (Å²) in [5.41, 5.74) is 7.07. The van der Waals surface area contributed by atoms with Gasteiger partial charge < -0.3 is 20.9 Å². The number of hydrogen-bond acceptors (Lipinski definition) is 5. The first-order chi connectivity index (χ1) is 10.1. The lowest BCUT2D eigenvalue weighted by Gasteiger charge is -2.35. The summed E-state index contributed by atoms with van der Waals surface area (Å²) in [4.78, 5) is 13.7. The Hall–Kier alpha value is -1.79. The van der Waals surface area contributed by atoms with Crippen LogP contribution < -0.4 is 11.1 Å². The van der Waals surface area contributed by atoms with Crippen LogP contribution in [0.4, 0.5) is 11.4 Å². The Balaban J connectivity index is 1.62. The molecule has 1 aromatic carbocycles. The van der Waals surface area contributed by atoms with E-state index in [-0.39, 0.29) is 11.7 Å². The molecule has 2 aliphatic rings. The Morgan fingerprint density at radius 3 is 3.19 bits per heavy atom. The molecular formula is C15H21N3O3. The molecule has 0 bridgehead atoms. The number of nitrogen functional groups attached to an aromatic ring is 1. The number of morpholine rings is 1. The van der Waals surface area contributed by atoms with Crippen molar-refractivity contribution in [2.75, 3.05) is 37.3 Å². The molecule has 0 amide bonds. The largest absolute Gasteiger partial charge is 0.478 e. The van der Waals surface area contributed by atoms with Crippen molar-refractivity contribution in [3.05, 3.63) is 23.8 Å². The number of nitrogens with one attached hydrogen (secondary N) is 1. The molecule has 4 N–H and O–H groups in total. The van der Waals surface area contributed by atoms with Gasteiger partial charge in [0.2, 0.25) is 0 Å². The fourth-order valence-corrected chi connectivity index (χ4v) is 3.13. The first-order valence-corrected chi connectivity index (χ1v) is 7.36. The minimum atomic E-state index is -0.957. The predicted molar refractivity (Wildman–Crippen MR) is 80.6 cm³/mol. The highest BCUT2D eigenvalue weighted by molar-refractivity contribution is 5.95. The van der Waals surface area contributed by atoms with Gasteiger partial charge in [0.1, 0.15) is 0 Å². The van der Waals surface area contributed by atoms with Gasteiger partial charge >= 0.3 is 5.97 Å². The number of aromatic carboxylic acids is 1. The molecule has 2 heterocycles. The second-order valence-corrected chi connectivity index (χ2v) is 5.74. The molecule has 0 saturated carbocycles. The van der Waals surface area contributed by atoms with E-state index < -0.39 is 5.97 Å². The zero-order chi connectivity index (χ0) is 14.8. The summed E-state index contributed by atoms with van der Waals surface area (Å²) in [6.45, 7) is 3.41. The Labute approximate surface area is 123 Å². The van der Waals surface area contributed by atoms with Crippen LogP contribution in [0.2, 0.25) is 0 Å². The third kappa shape index (κ3) is 3.11. The van der Waals surface area contributed by atoms with Crippen LogP contribution in [0, 0.1) is 0 Å². The van der Waals surface area contributed by atoms with E-state index in [1.165, 1.54) is 18.9 Å². The SMILES string of the molecule is Nc1ccc(C(=O)O)c(NCC2CN3CCCC3CO2)c1. The molecular weight excluding hydrogens is 270 g/mol. The lowest BCUT2D eigenvalue weighted by atomic mass is 10.1. The van der Waals surface area contributed by atoms with Gasteiger partial charge in [0.05, 0.1) is 24.0 Å². The maximum atomic E-state index is 11.2. The van der Waals surface area contributed by atoms with E-state index in [1.54, 1.807) is 12.1 Å². The highest BCUT2D eigenvalue weighted by Gasteiger charge is 2.32. The smallest absolute Gasteiger partial charge is 0.337 e. The summed E-state index contributed by atoms with van der Waals surface area (Å²) in [6, 6.07) is 5.35. The van der Waals surface area contributed by atoms with Gasteiger partial charge in [-0.1, -0.05) is 0 Å². The number of carboxylic acids is 1. The highest BCUT2D eigenvalue weighted by Crippen LogP contribution is 2.24. The Morgan fingerprint density at radius 1 is 1.52 bits per heavy atom. The molecule has 2 saturated heterocycles. The van der Waals surface area contributed by atoms with Crippen LogP contribution in [-0.2, 0) is 4.74 Å². The first kappa shape index (κ1) is 14.2. The van der Waals surface area contributed by atoms with Crippen molar-refractivity contribution in [3.8, 4) is 0 Å². The van der Waals surface area contributed by atoms with Crippen molar-refractivity contribution < 1.29 is 14.6 Å². The molecule has 0 radical (unpaired) electrons. The van der Waals surface area contributed by atoms with Crippen molar-refractivity contribution in [2.45, 2.75) is 25.0 Å². The molecule has 2 atom stereocenters. The van der Waals surface area contributed by atoms with E-state index in [2.05, 4.69) is 10.2 Å². The van der Waals surface area contributed by atoms with Crippen LogP contribution in [0.25, 0.3) is 0 Å². The average molecular weight is 291 g/mol. The minimum absolute atomic E-state index is 0.0856. The van der Waals surface area contributed by atoms with E-state index in [4.69, 9.17) is 10.5 Å². The zero-order valence-corrected chi connectivity index (χ0v) is 11.9. The summed E-state index contributed by atoms with van der Waals surface area (Å²) in [5.74, 6) is -0.957. The van der Waals surface area contributed by atoms with Gasteiger partial charge in [0.25, 0.3) is 0 Å². The fraction of sp³-hybridized carbons (Fsp3) is 0.533. The summed E-state index contributed by atoms with van der Waals surface area (Å²) in [6.07, 6.45) is 2.55. The van der Waals surface area contributed by atoms with Crippen molar-refractivity contribution in [1.82, 2.24) is 4.90 Å². The molecule has 0 spiro atoms. The molecule has 2 unspecified atom stereocenters. The van der Waals surface area contributed by atoms with Crippen LogP contribution in [-0.4, -0.2) is 54.4 Å². The van der Waals surface area contributed by atoms with Crippen LogP contribution in [0.5, 0.6) is 0 Å². The van der Waals surface area contributed by atoms with E-state index >= 15 is 0 Å². The van der Waals surface area contributed by atoms with Gasteiger partial charge in [-0.15, -0.1) is 0 Å². The number of nitrogens with two attached hydrogens (primary N) is 1. The predicted octanol–water partition coefficient (Wildman–Crippen LogP) is 1.24. The standard InChI is InChI=1S/C15H21N3O3/c16-10-3-4-13(15(19)20)14(6-10)17-7-12-8-18-5-1-2-11(18)9-21-12/h3-4,6,11-12,17H,1-2,5,7-9,16H2,(H,19,20). The molecule has 3 rings (SSSR count). The maximum Gasteiger partial charge on any atom is 0.337 e. The highest BCUT2D eigenvalue weighted by atomic mass is 16.5. The Morgan fingerprint density at radius 2 is 2.38 bits per heavy atom. The lowest BCUT2D eigenvalue weighted by Crippen LogP contribution is -2.48. The number of carboxylic acid groups (broad SMARTS) is 1. The molecule has 0 aliphatic carbocycles. The minimum Gasteiger partial charge on any atom is -0.478 e. The average Bonchev–Trinajstić information content (AvgIpc) is 2.92. The van der Waals surface area contributed by atoms with Gasteiger partial charge in [0.15, 0.2) is 0 Å². The number of hydrogen-bond donors (Lipinski definition) is 3. The van der Waals surface area contributed by atoms with Crippen molar-refractivity contribution >= 4 is 17.3 Å². The fourth-order valence-electron chi connectivity index (χ4n) is 3.13. The van der Waals surface area contributed by atoms with E-state index in [0.717, 1.165) is 19.7 Å². The summed E-state index contributed by atoms with van der Waals surface area (Å²) in [7, 11) is 0. The molecule has 6 nitrogen and oxygen atoms in total. The molecule has 6 heteroatoms. The number of carbonyl (C=O) groups is 1. The monoisotopic (exact) mass is 291 g/mol. The quantitative estimate of drug-likeness (QED) is 0.724. The normalized spacial score (nSPS) is 25.5. The number of rotatable bonds is 4. The molecule has 0 aromatic heterocycles. The van der Waals surface area contributed by atoms with E-state index in [1.807, 2.05) is 0 Å². The second-order valence-electron chi connectivity index (χ2n) is 5.74. The summed E-state index contributed by atoms with van der Waals surface area (Å²) < 4.78 is 5.86. The third-order valence-electron chi connectivity index (χ3n) is 4.26. The molecule has 1 aromatic rings. The van der Waals surface area contributed by atoms with Gasteiger partial charge in [-0.2, -0.15) is 0 Å². The molecule has 114 valence electrons. The van der Waals surface area contributed by atoms with Gasteiger partial charge in [-0.05, 0) is 37.6 Å². The first-order valence-electron chi connectivity index (χ1n) is 7.36. The van der Waals surface area contributed by atoms with Crippen molar-refractivity contribution in [3.63, 3.8) is 0 Å². The second kappa shape index (κ2) is 5.91. The molecule has 2 aliphatic heterocycles. The topological polar surface area (TPSA) is 87.8 Å². The molecule has 2 fully saturated rings. The van der Waals surface area contributed by atoms with Gasteiger partial charge in [-0.3, -0.25) is 4.90 Å². The Kier molecular flexibility index (Phi) is 3.98. The number of benzene rings is 1. The van der Waals surface area contributed by atoms with Crippen molar-refractivity contribution in [2.24, 2.45) is 0 Å². The van der Waals surface area contributed by atoms with E-state index in [9.17, 15) is 9.90 Å². The number of nitrogens with zero attached hydrogens (tertiary/aromatic N) is 1. The number of ether oxygens (including phenoxy) is 1. The summed E-state index contributed by atoms with van der Waals surface area (Å²) >= 11 is 0.